The lowest BCUT2D eigenvalue weighted by Gasteiger charge is -2.43. The van der Waals surface area contributed by atoms with Crippen LogP contribution in [-0.4, -0.2) is 117 Å². The number of ether oxygens (including phenoxy) is 2. The van der Waals surface area contributed by atoms with Crippen molar-refractivity contribution < 1.29 is 47.2 Å². The highest BCUT2D eigenvalue weighted by Gasteiger charge is 2.45. The molecule has 3 aromatic carbocycles. The number of carbonyl (C=O) groups is 3. The summed E-state index contributed by atoms with van der Waals surface area (Å²) in [6, 6.07) is 14.8. The number of rotatable bonds is 20. The molecule has 2 aliphatic rings. The molecule has 4 heterocycles. The number of aromatic nitrogens is 2. The van der Waals surface area contributed by atoms with E-state index >= 15 is 13.2 Å². The molecule has 0 bridgehead atoms. The van der Waals surface area contributed by atoms with Gasteiger partial charge in [0.25, 0.3) is 0 Å². The molecule has 5 aromatic rings. The van der Waals surface area contributed by atoms with Crippen LogP contribution in [0.25, 0.3) is 21.3 Å². The summed E-state index contributed by atoms with van der Waals surface area (Å²) in [5.74, 6) is -3.00. The SMILES string of the molecule is Cc1ncsc1-c1ccc(CNC(=O)[C@@H]2C[C@@H](O)CN2C(=O)[C@@H](NC(=O)COCCCC(O)CCCOc2cc(F)c(C3c4[nH]c5ccccc5c4C[C@@H](C)N3CC(C)(C)F)c(F)c2)C(C)(C)C)cc1. The first kappa shape index (κ1) is 52.5. The first-order valence-electron chi connectivity index (χ1n) is 24.1. The van der Waals surface area contributed by atoms with Crippen molar-refractivity contribution in [2.75, 3.05) is 32.9 Å². The summed E-state index contributed by atoms with van der Waals surface area (Å²) in [6.07, 6.45) is 0.583. The minimum absolute atomic E-state index is 0.00739. The minimum Gasteiger partial charge on any atom is -0.493 e. The van der Waals surface area contributed by atoms with Crippen LogP contribution in [-0.2, 0) is 32.1 Å². The van der Waals surface area contributed by atoms with Crippen LogP contribution in [0.4, 0.5) is 13.2 Å². The number of alkyl halides is 1. The van der Waals surface area contributed by atoms with Crippen molar-refractivity contribution >= 4 is 40.0 Å². The number of halogens is 3. The number of hydrogen-bond donors (Lipinski definition) is 5. The van der Waals surface area contributed by atoms with Gasteiger partial charge in [0.15, 0.2) is 0 Å². The number of fused-ring (bicyclic) bond motifs is 3. The Morgan fingerprint density at radius 2 is 1.69 bits per heavy atom. The van der Waals surface area contributed by atoms with Crippen LogP contribution in [0, 0.1) is 24.0 Å². The van der Waals surface area contributed by atoms with Gasteiger partial charge in [0, 0.05) is 73.0 Å². The second-order valence-corrected chi connectivity index (χ2v) is 21.3. The molecule has 13 nitrogen and oxygen atoms in total. The maximum Gasteiger partial charge on any atom is 0.246 e. The Kier molecular flexibility index (Phi) is 16.8. The number of para-hydroxylation sites is 1. The van der Waals surface area contributed by atoms with Crippen molar-refractivity contribution in [2.45, 2.75) is 136 Å². The predicted octanol–water partition coefficient (Wildman–Crippen LogP) is 8.09. The Bertz CT molecular complexity index is 2590. The van der Waals surface area contributed by atoms with E-state index in [-0.39, 0.29) is 63.2 Å². The molecule has 0 radical (unpaired) electrons. The Morgan fingerprint density at radius 1 is 1.00 bits per heavy atom. The van der Waals surface area contributed by atoms with Crippen LogP contribution >= 0.6 is 11.3 Å². The van der Waals surface area contributed by atoms with E-state index < -0.39 is 70.8 Å². The number of β-amino-alcohol motifs (C(OH)–C–C–N with tert-alkyl or cyclic N) is 1. The minimum atomic E-state index is -1.62. The van der Waals surface area contributed by atoms with Gasteiger partial charge in [0.1, 0.15) is 41.7 Å². The van der Waals surface area contributed by atoms with Gasteiger partial charge in [-0.2, -0.15) is 0 Å². The van der Waals surface area contributed by atoms with Crippen LogP contribution in [0.5, 0.6) is 5.75 Å². The average Bonchev–Trinajstić information content (AvgIpc) is 4.02. The summed E-state index contributed by atoms with van der Waals surface area (Å²) >= 11 is 1.56. The standard InChI is InChI=1S/C53H67F3N6O7S/c1-31-22-39-38-14-8-9-15-42(38)59-46(39)47(62(31)29-53(6,7)56)45-40(54)24-37(25-41(45)55)69-21-11-13-35(63)12-10-20-68-28-44(65)60-49(52(3,4)5)51(67)61-27-36(64)23-43(61)50(66)57-26-33-16-18-34(19-17-33)48-32(2)58-30-70-48/h8-9,14-19,24-25,30-31,35-36,43,47,49,59,63-64H,10-13,20-23,26-29H2,1-7H3,(H,57,66)(H,60,65)/t31-,35?,36-,43+,47?,49-/m1/s1. The summed E-state index contributed by atoms with van der Waals surface area (Å²) in [5, 5.41) is 27.9. The Morgan fingerprint density at radius 3 is 2.34 bits per heavy atom. The number of likely N-dealkylation sites (tertiary alicyclic amines) is 1. The van der Waals surface area contributed by atoms with Gasteiger partial charge in [-0.3, -0.25) is 19.3 Å². The number of benzene rings is 3. The lowest BCUT2D eigenvalue weighted by molar-refractivity contribution is -0.144. The molecule has 0 spiro atoms. The fourth-order valence-corrected chi connectivity index (χ4v) is 10.4. The maximum absolute atomic E-state index is 16.1. The topological polar surface area (TPSA) is 169 Å². The zero-order chi connectivity index (χ0) is 50.5. The molecular formula is C53H67F3N6O7S. The number of nitrogens with zero attached hydrogens (tertiary/aromatic N) is 3. The lowest BCUT2D eigenvalue weighted by atomic mass is 9.85. The predicted molar refractivity (Wildman–Crippen MR) is 264 cm³/mol. The Labute approximate surface area is 412 Å². The lowest BCUT2D eigenvalue weighted by Crippen LogP contribution is -2.58. The summed E-state index contributed by atoms with van der Waals surface area (Å²) in [6.45, 7) is 12.3. The molecule has 0 aliphatic carbocycles. The molecule has 7 rings (SSSR count). The number of H-pyrrole nitrogens is 1. The molecule has 2 aromatic heterocycles. The second kappa shape index (κ2) is 22.4. The van der Waals surface area contributed by atoms with E-state index in [0.29, 0.717) is 37.8 Å². The quantitative estimate of drug-likeness (QED) is 0.0484. The molecular weight excluding hydrogens is 922 g/mol. The fourth-order valence-electron chi connectivity index (χ4n) is 9.63. The van der Waals surface area contributed by atoms with E-state index in [1.807, 2.05) is 67.3 Å². The molecule has 70 heavy (non-hydrogen) atoms. The third-order valence-electron chi connectivity index (χ3n) is 13.1. The van der Waals surface area contributed by atoms with Gasteiger partial charge in [0.2, 0.25) is 17.7 Å². The van der Waals surface area contributed by atoms with Crippen molar-refractivity contribution in [2.24, 2.45) is 5.41 Å². The molecule has 2 unspecified atom stereocenters. The van der Waals surface area contributed by atoms with Gasteiger partial charge in [-0.15, -0.1) is 11.3 Å². The van der Waals surface area contributed by atoms with Crippen molar-refractivity contribution in [1.82, 2.24) is 30.4 Å². The third kappa shape index (κ3) is 12.8. The highest BCUT2D eigenvalue weighted by Crippen LogP contribution is 2.44. The largest absolute Gasteiger partial charge is 0.493 e. The van der Waals surface area contributed by atoms with E-state index in [1.54, 1.807) is 37.6 Å². The molecule has 1 saturated heterocycles. The van der Waals surface area contributed by atoms with E-state index in [0.717, 1.165) is 50.3 Å². The van der Waals surface area contributed by atoms with Crippen molar-refractivity contribution in [3.63, 3.8) is 0 Å². The third-order valence-corrected chi connectivity index (χ3v) is 14.1. The molecule has 6 atom stereocenters. The molecule has 5 N–H and O–H groups in total. The maximum atomic E-state index is 16.1. The van der Waals surface area contributed by atoms with Gasteiger partial charge < -0.3 is 40.2 Å². The number of amides is 3. The number of hydrogen-bond acceptors (Lipinski definition) is 10. The number of aliphatic hydroxyl groups is 2. The monoisotopic (exact) mass is 988 g/mol. The van der Waals surface area contributed by atoms with Crippen molar-refractivity contribution in [1.29, 1.82) is 0 Å². The van der Waals surface area contributed by atoms with Crippen LogP contribution in [0.3, 0.4) is 0 Å². The molecule has 378 valence electrons. The van der Waals surface area contributed by atoms with Gasteiger partial charge >= 0.3 is 0 Å². The van der Waals surface area contributed by atoms with E-state index in [9.17, 15) is 24.6 Å². The van der Waals surface area contributed by atoms with Crippen molar-refractivity contribution in [3.8, 4) is 16.2 Å². The molecule has 2 aliphatic heterocycles. The highest BCUT2D eigenvalue weighted by molar-refractivity contribution is 7.13. The summed E-state index contributed by atoms with van der Waals surface area (Å²) in [7, 11) is 0. The average molecular weight is 989 g/mol. The van der Waals surface area contributed by atoms with E-state index in [1.165, 1.54) is 18.7 Å². The van der Waals surface area contributed by atoms with Gasteiger partial charge in [-0.05, 0) is 88.0 Å². The van der Waals surface area contributed by atoms with Gasteiger partial charge in [0.05, 0.1) is 40.9 Å². The number of carbonyl (C=O) groups excluding carboxylic acids is 3. The molecule has 0 saturated carbocycles. The van der Waals surface area contributed by atoms with Gasteiger partial charge in [-0.25, -0.2) is 18.2 Å². The number of aliphatic hydroxyl groups excluding tert-OH is 2. The zero-order valence-electron chi connectivity index (χ0n) is 41.1. The molecule has 1 fully saturated rings. The second-order valence-electron chi connectivity index (χ2n) is 20.5. The smallest absolute Gasteiger partial charge is 0.246 e. The normalized spacial score (nSPS) is 19.5. The fraction of sp³-hybridized carbons (Fsp3) is 0.509. The summed E-state index contributed by atoms with van der Waals surface area (Å²) in [5.41, 5.74) is 4.57. The molecule has 17 heteroatoms. The number of thiazole rings is 1. The van der Waals surface area contributed by atoms with Crippen LogP contribution < -0.4 is 15.4 Å². The van der Waals surface area contributed by atoms with Crippen molar-refractivity contribution in [3.05, 3.63) is 106 Å². The van der Waals surface area contributed by atoms with Gasteiger partial charge in [-0.1, -0.05) is 63.2 Å². The summed E-state index contributed by atoms with van der Waals surface area (Å²) < 4.78 is 58.7. The van der Waals surface area contributed by atoms with E-state index in [2.05, 4.69) is 20.6 Å². The van der Waals surface area contributed by atoms with Crippen LogP contribution in [0.15, 0.2) is 66.2 Å². The van der Waals surface area contributed by atoms with E-state index in [4.69, 9.17) is 9.47 Å². The Balaban J connectivity index is 0.840. The first-order chi connectivity index (χ1) is 33.2. The van der Waals surface area contributed by atoms with Crippen LogP contribution in [0.2, 0.25) is 0 Å². The molecule has 3 amide bonds. The Hall–Kier alpha value is -5.33. The highest BCUT2D eigenvalue weighted by atomic mass is 32.1. The zero-order valence-corrected chi connectivity index (χ0v) is 41.9. The first-order valence-corrected chi connectivity index (χ1v) is 25.0. The summed E-state index contributed by atoms with van der Waals surface area (Å²) in [4.78, 5) is 52.5. The van der Waals surface area contributed by atoms with Crippen LogP contribution in [0.1, 0.15) is 108 Å². The number of aromatic amines is 1. The number of nitrogens with one attached hydrogen (secondary N) is 3. The number of aryl methyl sites for hydroxylation is 1.